The van der Waals surface area contributed by atoms with E-state index in [1.165, 1.54) is 25.7 Å². The van der Waals surface area contributed by atoms with Gasteiger partial charge in [0.05, 0.1) is 6.54 Å². The minimum Gasteiger partial charge on any atom is -0.352 e. The number of hydrogen-bond acceptors (Lipinski definition) is 2. The predicted molar refractivity (Wildman–Crippen MR) is 74.4 cm³/mol. The summed E-state index contributed by atoms with van der Waals surface area (Å²) in [5, 5.41) is 6.54. The van der Waals surface area contributed by atoms with E-state index in [9.17, 15) is 4.79 Å². The molecule has 3 nitrogen and oxygen atoms in total. The van der Waals surface area contributed by atoms with Crippen molar-refractivity contribution in [2.24, 2.45) is 0 Å². The van der Waals surface area contributed by atoms with Crippen molar-refractivity contribution in [3.05, 3.63) is 12.2 Å². The smallest absolute Gasteiger partial charge is 0.234 e. The van der Waals surface area contributed by atoms with Crippen molar-refractivity contribution in [2.45, 2.75) is 69.9 Å². The van der Waals surface area contributed by atoms with Gasteiger partial charge >= 0.3 is 0 Å². The molecular weight excluding hydrogens is 224 g/mol. The number of allylic oxidation sites excluding steroid dienone is 1. The molecule has 0 radical (unpaired) electrons. The van der Waals surface area contributed by atoms with Crippen LogP contribution >= 0.6 is 0 Å². The summed E-state index contributed by atoms with van der Waals surface area (Å²) in [6.45, 7) is 0.481. The van der Waals surface area contributed by atoms with Crippen molar-refractivity contribution in [3.8, 4) is 0 Å². The quantitative estimate of drug-likeness (QED) is 0.594. The van der Waals surface area contributed by atoms with E-state index in [1.807, 2.05) is 0 Å². The van der Waals surface area contributed by atoms with Crippen LogP contribution < -0.4 is 10.6 Å². The highest BCUT2D eigenvalue weighted by Crippen LogP contribution is 2.17. The lowest BCUT2D eigenvalue weighted by Gasteiger charge is -2.21. The lowest BCUT2D eigenvalue weighted by Crippen LogP contribution is -2.43. The van der Waals surface area contributed by atoms with Gasteiger partial charge in [-0.25, -0.2) is 0 Å². The van der Waals surface area contributed by atoms with Crippen molar-refractivity contribution in [1.29, 1.82) is 0 Å². The van der Waals surface area contributed by atoms with Gasteiger partial charge in [0.25, 0.3) is 0 Å². The Labute approximate surface area is 110 Å². The molecule has 0 bridgehead atoms. The van der Waals surface area contributed by atoms with Crippen LogP contribution in [0.4, 0.5) is 0 Å². The van der Waals surface area contributed by atoms with Gasteiger partial charge in [-0.1, -0.05) is 37.8 Å². The second kappa shape index (κ2) is 7.57. The average molecular weight is 250 g/mol. The van der Waals surface area contributed by atoms with Gasteiger partial charge < -0.3 is 10.6 Å². The molecule has 3 heteroatoms. The number of hydrogen-bond donors (Lipinski definition) is 2. The van der Waals surface area contributed by atoms with Crippen LogP contribution in [0.2, 0.25) is 0 Å². The first-order valence-electron chi connectivity index (χ1n) is 7.52. The molecule has 1 fully saturated rings. The molecule has 0 saturated heterocycles. The third-order valence-corrected chi connectivity index (χ3v) is 4.04. The Morgan fingerprint density at radius 3 is 2.44 bits per heavy atom. The zero-order chi connectivity index (χ0) is 12.6. The highest BCUT2D eigenvalue weighted by molar-refractivity contribution is 5.78. The monoisotopic (exact) mass is 250 g/mol. The molecule has 0 aromatic heterocycles. The van der Waals surface area contributed by atoms with E-state index in [2.05, 4.69) is 22.8 Å². The van der Waals surface area contributed by atoms with Crippen LogP contribution in [0.25, 0.3) is 0 Å². The molecule has 2 aliphatic carbocycles. The van der Waals surface area contributed by atoms with Gasteiger partial charge in [0.1, 0.15) is 0 Å². The lowest BCUT2D eigenvalue weighted by atomic mass is 10.0. The normalized spacial score (nSPS) is 25.7. The Balaban J connectivity index is 1.63. The Morgan fingerprint density at radius 1 is 1.00 bits per heavy atom. The lowest BCUT2D eigenvalue weighted by molar-refractivity contribution is -0.121. The Bertz CT molecular complexity index is 280. The van der Waals surface area contributed by atoms with Crippen molar-refractivity contribution in [1.82, 2.24) is 10.6 Å². The maximum atomic E-state index is 11.9. The fourth-order valence-corrected chi connectivity index (χ4v) is 2.92. The van der Waals surface area contributed by atoms with E-state index in [4.69, 9.17) is 0 Å². The minimum absolute atomic E-state index is 0.177. The van der Waals surface area contributed by atoms with Gasteiger partial charge in [-0.2, -0.15) is 0 Å². The summed E-state index contributed by atoms with van der Waals surface area (Å²) in [6, 6.07) is 0.919. The fourth-order valence-electron chi connectivity index (χ4n) is 2.92. The highest BCUT2D eigenvalue weighted by Gasteiger charge is 2.15. The Kier molecular flexibility index (Phi) is 5.72. The van der Waals surface area contributed by atoms with Crippen LogP contribution in [0.3, 0.4) is 0 Å². The van der Waals surface area contributed by atoms with Crippen molar-refractivity contribution in [2.75, 3.05) is 6.54 Å². The predicted octanol–water partition coefficient (Wildman–Crippen LogP) is 2.52. The van der Waals surface area contributed by atoms with Crippen molar-refractivity contribution in [3.63, 3.8) is 0 Å². The second-order valence-corrected chi connectivity index (χ2v) is 5.62. The first-order valence-corrected chi connectivity index (χ1v) is 7.52. The second-order valence-electron chi connectivity index (χ2n) is 5.62. The number of rotatable bonds is 4. The van der Waals surface area contributed by atoms with E-state index in [0.29, 0.717) is 18.6 Å². The molecular formula is C15H26N2O. The molecule has 2 rings (SSSR count). The summed E-state index contributed by atoms with van der Waals surface area (Å²) < 4.78 is 0. The standard InChI is InChI=1S/C15H26N2O/c18-15(12-16-13-8-6-3-7-9-13)17-14-10-4-1-2-5-11-14/h3,6,13-14,16H,1-2,4-5,7-12H2,(H,17,18). The molecule has 102 valence electrons. The highest BCUT2D eigenvalue weighted by atomic mass is 16.1. The van der Waals surface area contributed by atoms with Crippen LogP contribution in [-0.4, -0.2) is 24.5 Å². The van der Waals surface area contributed by atoms with Gasteiger partial charge in [-0.15, -0.1) is 0 Å². The van der Waals surface area contributed by atoms with Gasteiger partial charge in [0.2, 0.25) is 5.91 Å². The summed E-state index contributed by atoms with van der Waals surface area (Å²) >= 11 is 0. The van der Waals surface area contributed by atoms with Crippen molar-refractivity contribution >= 4 is 5.91 Å². The topological polar surface area (TPSA) is 41.1 Å². The van der Waals surface area contributed by atoms with Gasteiger partial charge in [0.15, 0.2) is 0 Å². The number of carbonyl (C=O) groups is 1. The van der Waals surface area contributed by atoms with E-state index >= 15 is 0 Å². The first kappa shape index (κ1) is 13.6. The van der Waals surface area contributed by atoms with E-state index in [-0.39, 0.29) is 5.91 Å². The number of carbonyl (C=O) groups excluding carboxylic acids is 1. The first-order chi connectivity index (χ1) is 8.84. The zero-order valence-corrected chi connectivity index (χ0v) is 11.3. The third-order valence-electron chi connectivity index (χ3n) is 4.04. The molecule has 2 N–H and O–H groups in total. The molecule has 0 aromatic carbocycles. The zero-order valence-electron chi connectivity index (χ0n) is 11.3. The molecule has 1 amide bonds. The molecule has 0 aliphatic heterocycles. The van der Waals surface area contributed by atoms with Crippen molar-refractivity contribution < 1.29 is 4.79 Å². The molecule has 1 saturated carbocycles. The van der Waals surface area contributed by atoms with E-state index in [0.717, 1.165) is 32.1 Å². The molecule has 0 heterocycles. The SMILES string of the molecule is O=C(CNC1CC=CCC1)NC1CCCCCC1. The number of nitrogens with one attached hydrogen (secondary N) is 2. The minimum atomic E-state index is 0.177. The Hall–Kier alpha value is -0.830. The summed E-state index contributed by atoms with van der Waals surface area (Å²) in [5.41, 5.74) is 0. The molecule has 0 aromatic rings. The van der Waals surface area contributed by atoms with Gasteiger partial charge in [-0.05, 0) is 32.1 Å². The molecule has 18 heavy (non-hydrogen) atoms. The molecule has 1 unspecified atom stereocenters. The third kappa shape index (κ3) is 4.81. The van der Waals surface area contributed by atoms with E-state index in [1.54, 1.807) is 0 Å². The molecule has 2 aliphatic rings. The van der Waals surface area contributed by atoms with Crippen LogP contribution in [0.1, 0.15) is 57.8 Å². The van der Waals surface area contributed by atoms with Gasteiger partial charge in [0, 0.05) is 12.1 Å². The van der Waals surface area contributed by atoms with Crippen LogP contribution in [0.5, 0.6) is 0 Å². The summed E-state index contributed by atoms with van der Waals surface area (Å²) in [4.78, 5) is 11.9. The fraction of sp³-hybridized carbons (Fsp3) is 0.800. The van der Waals surface area contributed by atoms with E-state index < -0.39 is 0 Å². The summed E-state index contributed by atoms with van der Waals surface area (Å²) in [5.74, 6) is 0.177. The number of amides is 1. The average Bonchev–Trinajstić information content (AvgIpc) is 2.66. The molecule has 0 spiro atoms. The summed E-state index contributed by atoms with van der Waals surface area (Å²) in [6.07, 6.45) is 15.3. The maximum Gasteiger partial charge on any atom is 0.234 e. The maximum absolute atomic E-state index is 11.9. The van der Waals surface area contributed by atoms with Crippen LogP contribution in [0, 0.1) is 0 Å². The van der Waals surface area contributed by atoms with Gasteiger partial charge in [-0.3, -0.25) is 4.79 Å². The van der Waals surface area contributed by atoms with Crippen LogP contribution in [-0.2, 0) is 4.79 Å². The molecule has 1 atom stereocenters. The Morgan fingerprint density at radius 2 is 1.78 bits per heavy atom. The van der Waals surface area contributed by atoms with Crippen LogP contribution in [0.15, 0.2) is 12.2 Å². The largest absolute Gasteiger partial charge is 0.352 e. The summed E-state index contributed by atoms with van der Waals surface area (Å²) in [7, 11) is 0.